The fourth-order valence-corrected chi connectivity index (χ4v) is 5.14. The maximum Gasteiger partial charge on any atom is 0.238 e. The van der Waals surface area contributed by atoms with Gasteiger partial charge in [-0.2, -0.15) is 0 Å². The summed E-state index contributed by atoms with van der Waals surface area (Å²) in [5.41, 5.74) is 12.1. The molecule has 37 heavy (non-hydrogen) atoms. The number of rotatable bonds is 5. The Morgan fingerprint density at radius 3 is 2.35 bits per heavy atom. The van der Waals surface area contributed by atoms with Gasteiger partial charge in [-0.15, -0.1) is 5.06 Å². The lowest BCUT2D eigenvalue weighted by atomic mass is 10.1. The summed E-state index contributed by atoms with van der Waals surface area (Å²) in [4.78, 5) is 29.4. The number of imidazole rings is 2. The van der Waals surface area contributed by atoms with Gasteiger partial charge in [0, 0.05) is 18.7 Å². The van der Waals surface area contributed by atoms with E-state index in [4.69, 9.17) is 20.5 Å². The van der Waals surface area contributed by atoms with Crippen molar-refractivity contribution in [2.75, 3.05) is 13.1 Å². The molecule has 9 nitrogen and oxygen atoms in total. The van der Waals surface area contributed by atoms with E-state index < -0.39 is 0 Å². The predicted octanol–water partition coefficient (Wildman–Crippen LogP) is 4.07. The molecule has 2 atom stereocenters. The van der Waals surface area contributed by atoms with Crippen LogP contribution >= 0.6 is 0 Å². The van der Waals surface area contributed by atoms with E-state index in [0.29, 0.717) is 12.4 Å². The zero-order valence-corrected chi connectivity index (χ0v) is 20.1. The third kappa shape index (κ3) is 4.04. The van der Waals surface area contributed by atoms with E-state index in [2.05, 4.69) is 25.9 Å². The summed E-state index contributed by atoms with van der Waals surface area (Å²) in [5, 5.41) is 1.96. The highest BCUT2D eigenvalue weighted by Gasteiger charge is 2.35. The molecule has 4 N–H and O–H groups in total. The molecule has 0 amide bonds. The van der Waals surface area contributed by atoms with Crippen molar-refractivity contribution in [3.8, 4) is 17.4 Å². The third-order valence-corrected chi connectivity index (χ3v) is 6.89. The highest BCUT2D eigenvalue weighted by Crippen LogP contribution is 2.30. The molecule has 7 rings (SSSR count). The Morgan fingerprint density at radius 2 is 1.57 bits per heavy atom. The van der Waals surface area contributed by atoms with E-state index in [1.54, 1.807) is 0 Å². The molecule has 0 bridgehead atoms. The van der Waals surface area contributed by atoms with Crippen LogP contribution in [0.4, 0.5) is 0 Å². The summed E-state index contributed by atoms with van der Waals surface area (Å²) < 4.78 is 0. The first-order valence-corrected chi connectivity index (χ1v) is 12.4. The number of allylic oxidation sites excluding steroid dienone is 2. The SMILES string of the molecule is NC1C=CC=C(c2nc3ccccc3[nH]2)N1C1CCN(Oc2cccc(-c3nc4ccccc4[nH]3)n2)C1. The number of para-hydroxylation sites is 4. The monoisotopic (exact) mass is 490 g/mol. The Balaban J connectivity index is 1.09. The number of hydroxylamine groups is 2. The van der Waals surface area contributed by atoms with E-state index in [1.807, 2.05) is 83.9 Å². The van der Waals surface area contributed by atoms with Gasteiger partial charge in [0.1, 0.15) is 5.69 Å². The van der Waals surface area contributed by atoms with Gasteiger partial charge in [0.15, 0.2) is 11.6 Å². The van der Waals surface area contributed by atoms with E-state index in [1.165, 1.54) is 0 Å². The van der Waals surface area contributed by atoms with Gasteiger partial charge in [0.05, 0.1) is 40.5 Å². The Labute approximate surface area is 213 Å². The molecule has 0 spiro atoms. The van der Waals surface area contributed by atoms with Crippen molar-refractivity contribution < 1.29 is 4.84 Å². The number of nitrogens with two attached hydrogens (primary N) is 1. The van der Waals surface area contributed by atoms with Crippen molar-refractivity contribution in [2.24, 2.45) is 5.73 Å². The molecule has 184 valence electrons. The van der Waals surface area contributed by atoms with Crippen molar-refractivity contribution >= 4 is 27.8 Å². The Kier molecular flexibility index (Phi) is 5.23. The molecular weight excluding hydrogens is 464 g/mol. The molecule has 1 fully saturated rings. The van der Waals surface area contributed by atoms with Crippen molar-refractivity contribution in [1.29, 1.82) is 0 Å². The van der Waals surface area contributed by atoms with Crippen molar-refractivity contribution in [3.05, 3.63) is 90.8 Å². The third-order valence-electron chi connectivity index (χ3n) is 6.89. The highest BCUT2D eigenvalue weighted by molar-refractivity contribution is 5.79. The predicted molar refractivity (Wildman–Crippen MR) is 143 cm³/mol. The molecule has 3 aromatic heterocycles. The lowest BCUT2D eigenvalue weighted by Crippen LogP contribution is -2.48. The maximum atomic E-state index is 6.57. The van der Waals surface area contributed by atoms with Gasteiger partial charge >= 0.3 is 0 Å². The minimum absolute atomic E-state index is 0.165. The van der Waals surface area contributed by atoms with Crippen molar-refractivity contribution in [1.82, 2.24) is 34.9 Å². The van der Waals surface area contributed by atoms with Crippen LogP contribution in [-0.4, -0.2) is 60.2 Å². The zero-order valence-electron chi connectivity index (χ0n) is 20.1. The first-order chi connectivity index (χ1) is 18.2. The number of pyridine rings is 1. The Bertz CT molecular complexity index is 1580. The van der Waals surface area contributed by atoms with Crippen molar-refractivity contribution in [2.45, 2.75) is 18.6 Å². The summed E-state index contributed by atoms with van der Waals surface area (Å²) in [6.45, 7) is 1.46. The Morgan fingerprint density at radius 1 is 0.838 bits per heavy atom. The number of hydrogen-bond donors (Lipinski definition) is 3. The molecule has 1 saturated heterocycles. The minimum Gasteiger partial charge on any atom is -0.386 e. The largest absolute Gasteiger partial charge is 0.386 e. The second-order valence-corrected chi connectivity index (χ2v) is 9.32. The number of benzene rings is 2. The van der Waals surface area contributed by atoms with Crippen LogP contribution in [-0.2, 0) is 0 Å². The highest BCUT2D eigenvalue weighted by atomic mass is 16.7. The van der Waals surface area contributed by atoms with Crippen LogP contribution in [0, 0.1) is 0 Å². The molecule has 9 heteroatoms. The quantitative estimate of drug-likeness (QED) is 0.341. The van der Waals surface area contributed by atoms with Gasteiger partial charge in [-0.05, 0) is 48.9 Å². The van der Waals surface area contributed by atoms with Gasteiger partial charge in [-0.1, -0.05) is 36.4 Å². The van der Waals surface area contributed by atoms with Crippen LogP contribution in [0.2, 0.25) is 0 Å². The summed E-state index contributed by atoms with van der Waals surface area (Å²) in [6, 6.07) is 21.9. The molecule has 2 aliphatic heterocycles. The molecule has 5 aromatic rings. The first-order valence-electron chi connectivity index (χ1n) is 12.4. The molecule has 0 radical (unpaired) electrons. The fraction of sp³-hybridized carbons (Fsp3) is 0.179. The average Bonchev–Trinajstić information content (AvgIpc) is 3.66. The molecule has 0 aliphatic carbocycles. The van der Waals surface area contributed by atoms with Gasteiger partial charge in [0.2, 0.25) is 5.88 Å². The lowest BCUT2D eigenvalue weighted by Gasteiger charge is -2.37. The van der Waals surface area contributed by atoms with Gasteiger partial charge < -0.3 is 25.4 Å². The first kappa shape index (κ1) is 21.8. The average molecular weight is 491 g/mol. The molecule has 5 heterocycles. The maximum absolute atomic E-state index is 6.57. The molecule has 2 unspecified atom stereocenters. The molecule has 2 aliphatic rings. The van der Waals surface area contributed by atoms with Crippen LogP contribution in [0.3, 0.4) is 0 Å². The fourth-order valence-electron chi connectivity index (χ4n) is 5.14. The molecular formula is C28H26N8O. The minimum atomic E-state index is -0.243. The standard InChI is InChI=1S/C28H26N8O/c29-25-13-6-12-24(28-33-21-9-3-4-10-22(21)34-28)36(25)18-15-16-35(17-18)37-26-14-5-11-23(30-26)27-31-19-7-1-2-8-20(19)32-27/h1-14,18,25H,15-17,29H2,(H,31,32)(H,33,34). The zero-order chi connectivity index (χ0) is 24.8. The van der Waals surface area contributed by atoms with Crippen molar-refractivity contribution in [3.63, 3.8) is 0 Å². The van der Waals surface area contributed by atoms with Crippen LogP contribution in [0.1, 0.15) is 12.2 Å². The smallest absolute Gasteiger partial charge is 0.238 e. The lowest BCUT2D eigenvalue weighted by molar-refractivity contribution is -0.0440. The number of aromatic amines is 2. The van der Waals surface area contributed by atoms with E-state index in [9.17, 15) is 0 Å². The number of nitrogens with zero attached hydrogens (tertiary/aromatic N) is 5. The summed E-state index contributed by atoms with van der Waals surface area (Å²) in [7, 11) is 0. The van der Waals surface area contributed by atoms with Crippen LogP contribution in [0.25, 0.3) is 39.3 Å². The number of nitrogens with one attached hydrogen (secondary N) is 2. The van der Waals surface area contributed by atoms with E-state index in [-0.39, 0.29) is 12.2 Å². The second kappa shape index (κ2) is 8.88. The molecule has 0 saturated carbocycles. The number of aromatic nitrogens is 5. The normalized spacial score (nSPS) is 20.1. The summed E-state index contributed by atoms with van der Waals surface area (Å²) in [6.07, 6.45) is 6.74. The number of fused-ring (bicyclic) bond motifs is 2. The van der Waals surface area contributed by atoms with Gasteiger partial charge in [0.25, 0.3) is 0 Å². The second-order valence-electron chi connectivity index (χ2n) is 9.32. The van der Waals surface area contributed by atoms with E-state index in [0.717, 1.165) is 58.1 Å². The van der Waals surface area contributed by atoms with Gasteiger partial charge in [-0.25, -0.2) is 15.0 Å². The van der Waals surface area contributed by atoms with Crippen LogP contribution in [0.5, 0.6) is 5.88 Å². The number of H-pyrrole nitrogens is 2. The summed E-state index contributed by atoms with van der Waals surface area (Å²) in [5.74, 6) is 2.08. The summed E-state index contributed by atoms with van der Waals surface area (Å²) >= 11 is 0. The topological polar surface area (TPSA) is 112 Å². The Hall–Kier alpha value is -4.47. The van der Waals surface area contributed by atoms with Crippen LogP contribution < -0.4 is 10.6 Å². The van der Waals surface area contributed by atoms with E-state index >= 15 is 0 Å². The number of hydrogen-bond acceptors (Lipinski definition) is 7. The molecule has 2 aromatic carbocycles. The van der Waals surface area contributed by atoms with Crippen LogP contribution in [0.15, 0.2) is 85.0 Å². The van der Waals surface area contributed by atoms with Gasteiger partial charge in [-0.3, -0.25) is 0 Å².